The van der Waals surface area contributed by atoms with Crippen LogP contribution in [0, 0.1) is 11.8 Å². The minimum atomic E-state index is -0.274. The van der Waals surface area contributed by atoms with Crippen molar-refractivity contribution < 1.29 is 14.3 Å². The van der Waals surface area contributed by atoms with Gasteiger partial charge in [-0.1, -0.05) is 18.2 Å². The smallest absolute Gasteiger partial charge is 0.309 e. The molecule has 0 saturated heterocycles. The Labute approximate surface area is 89.8 Å². The van der Waals surface area contributed by atoms with E-state index in [1.807, 2.05) is 19.9 Å². The second-order valence-corrected chi connectivity index (χ2v) is 3.58. The van der Waals surface area contributed by atoms with Gasteiger partial charge in [0.15, 0.2) is 5.78 Å². The molecule has 0 N–H and O–H groups in total. The molecule has 2 atom stereocenters. The van der Waals surface area contributed by atoms with Crippen LogP contribution in [0.2, 0.25) is 0 Å². The molecule has 1 fully saturated rings. The number of rotatable bonds is 4. The Morgan fingerprint density at radius 3 is 2.40 bits per heavy atom. The maximum Gasteiger partial charge on any atom is 0.309 e. The predicted octanol–water partition coefficient (Wildman–Crippen LogP) is 1.89. The average molecular weight is 208 g/mol. The number of esters is 1. The van der Waals surface area contributed by atoms with Gasteiger partial charge < -0.3 is 4.74 Å². The second-order valence-electron chi connectivity index (χ2n) is 3.58. The first-order chi connectivity index (χ1) is 7.15. The van der Waals surface area contributed by atoms with Crippen molar-refractivity contribution in [1.29, 1.82) is 0 Å². The number of Topliss-reactive ketones (excluding diaryl/α,β-unsaturated/α-hetero) is 1. The third-order valence-corrected chi connectivity index (χ3v) is 2.57. The zero-order valence-corrected chi connectivity index (χ0v) is 9.32. The van der Waals surface area contributed by atoms with Gasteiger partial charge in [-0.3, -0.25) is 9.59 Å². The normalized spacial score (nSPS) is 25.4. The highest BCUT2D eigenvalue weighted by Crippen LogP contribution is 2.41. The summed E-state index contributed by atoms with van der Waals surface area (Å²) in [5.41, 5.74) is 0.675. The molecule has 1 rings (SSSR count). The van der Waals surface area contributed by atoms with Crippen LogP contribution in [0.5, 0.6) is 0 Å². The minimum absolute atomic E-state index is 0.0472. The lowest BCUT2D eigenvalue weighted by Crippen LogP contribution is -2.11. The summed E-state index contributed by atoms with van der Waals surface area (Å²) in [6, 6.07) is 0. The molecule has 0 aromatic rings. The van der Waals surface area contributed by atoms with Crippen molar-refractivity contribution in [3.8, 4) is 0 Å². The van der Waals surface area contributed by atoms with E-state index in [1.54, 1.807) is 12.2 Å². The van der Waals surface area contributed by atoms with E-state index in [-0.39, 0.29) is 23.6 Å². The number of methoxy groups -OCH3 is 1. The SMILES string of the molecule is C/C=C\C(=C/C)C(=O)[C@H]1C[C@@H]1C(=O)OC. The molecule has 1 aliphatic carbocycles. The first kappa shape index (κ1) is 11.7. The van der Waals surface area contributed by atoms with E-state index in [1.165, 1.54) is 7.11 Å². The van der Waals surface area contributed by atoms with E-state index in [0.29, 0.717) is 12.0 Å². The number of ketones is 1. The highest BCUT2D eigenvalue weighted by atomic mass is 16.5. The number of hydrogen-bond donors (Lipinski definition) is 0. The van der Waals surface area contributed by atoms with Crippen LogP contribution >= 0.6 is 0 Å². The van der Waals surface area contributed by atoms with Gasteiger partial charge in [-0.05, 0) is 20.3 Å². The van der Waals surface area contributed by atoms with E-state index in [9.17, 15) is 9.59 Å². The van der Waals surface area contributed by atoms with Gasteiger partial charge in [0, 0.05) is 11.5 Å². The third kappa shape index (κ3) is 2.55. The monoisotopic (exact) mass is 208 g/mol. The first-order valence-electron chi connectivity index (χ1n) is 5.06. The summed E-state index contributed by atoms with van der Waals surface area (Å²) in [5.74, 6) is -0.613. The molecular weight excluding hydrogens is 192 g/mol. The standard InChI is InChI=1S/C12H16O3/c1-4-6-8(5-2)11(13)9-7-10(9)12(14)15-3/h4-6,9-10H,7H2,1-3H3/b6-4-,8-5+/t9-,10-/m0/s1. The van der Waals surface area contributed by atoms with Crippen LogP contribution in [0.3, 0.4) is 0 Å². The Bertz CT molecular complexity index is 326. The van der Waals surface area contributed by atoms with Crippen LogP contribution in [0.1, 0.15) is 20.3 Å². The van der Waals surface area contributed by atoms with Gasteiger partial charge in [0.05, 0.1) is 13.0 Å². The van der Waals surface area contributed by atoms with E-state index in [0.717, 1.165) is 0 Å². The van der Waals surface area contributed by atoms with E-state index < -0.39 is 0 Å². The highest BCUT2D eigenvalue weighted by molar-refractivity contribution is 6.04. The van der Waals surface area contributed by atoms with Crippen LogP contribution < -0.4 is 0 Å². The van der Waals surface area contributed by atoms with Crippen LogP contribution in [0.15, 0.2) is 23.8 Å². The molecule has 0 radical (unpaired) electrons. The maximum atomic E-state index is 11.8. The van der Waals surface area contributed by atoms with E-state index in [4.69, 9.17) is 0 Å². The van der Waals surface area contributed by atoms with Gasteiger partial charge in [-0.25, -0.2) is 0 Å². The van der Waals surface area contributed by atoms with Crippen LogP contribution in [-0.2, 0) is 14.3 Å². The lowest BCUT2D eigenvalue weighted by molar-refractivity contribution is -0.143. The summed E-state index contributed by atoms with van der Waals surface area (Å²) in [7, 11) is 1.35. The molecule has 0 aromatic carbocycles. The molecule has 3 nitrogen and oxygen atoms in total. The minimum Gasteiger partial charge on any atom is -0.469 e. The molecule has 1 saturated carbocycles. The van der Waals surface area contributed by atoms with Crippen molar-refractivity contribution in [2.45, 2.75) is 20.3 Å². The van der Waals surface area contributed by atoms with E-state index in [2.05, 4.69) is 4.74 Å². The Kier molecular flexibility index (Phi) is 3.83. The molecular formula is C12H16O3. The van der Waals surface area contributed by atoms with E-state index >= 15 is 0 Å². The molecule has 0 heterocycles. The van der Waals surface area contributed by atoms with Crippen molar-refractivity contribution in [3.05, 3.63) is 23.8 Å². The predicted molar refractivity (Wildman–Crippen MR) is 57.2 cm³/mol. The van der Waals surface area contributed by atoms with Crippen LogP contribution in [-0.4, -0.2) is 18.9 Å². The summed E-state index contributed by atoms with van der Waals surface area (Å²) in [6.07, 6.45) is 5.99. The van der Waals surface area contributed by atoms with Gasteiger partial charge in [0.25, 0.3) is 0 Å². The van der Waals surface area contributed by atoms with Crippen LogP contribution in [0.4, 0.5) is 0 Å². The second kappa shape index (κ2) is 4.91. The summed E-state index contributed by atoms with van der Waals surface area (Å²) >= 11 is 0. The Balaban J connectivity index is 2.61. The Morgan fingerprint density at radius 1 is 1.27 bits per heavy atom. The van der Waals surface area contributed by atoms with Gasteiger partial charge in [-0.15, -0.1) is 0 Å². The molecule has 0 aromatic heterocycles. The fourth-order valence-corrected chi connectivity index (χ4v) is 1.61. The Morgan fingerprint density at radius 2 is 1.93 bits per heavy atom. The van der Waals surface area contributed by atoms with Crippen molar-refractivity contribution in [3.63, 3.8) is 0 Å². The topological polar surface area (TPSA) is 43.4 Å². The zero-order chi connectivity index (χ0) is 11.4. The molecule has 82 valence electrons. The van der Waals surface area contributed by atoms with Gasteiger partial charge in [-0.2, -0.15) is 0 Å². The molecule has 0 spiro atoms. The number of allylic oxidation sites excluding steroid dienone is 4. The van der Waals surface area contributed by atoms with Gasteiger partial charge >= 0.3 is 5.97 Å². The highest BCUT2D eigenvalue weighted by Gasteiger charge is 2.48. The lowest BCUT2D eigenvalue weighted by atomic mass is 10.1. The van der Waals surface area contributed by atoms with Crippen molar-refractivity contribution in [2.75, 3.05) is 7.11 Å². The Hall–Kier alpha value is -1.38. The number of ether oxygens (including phenoxy) is 1. The molecule has 1 aliphatic rings. The molecule has 0 amide bonds. The third-order valence-electron chi connectivity index (χ3n) is 2.57. The van der Waals surface area contributed by atoms with Crippen molar-refractivity contribution >= 4 is 11.8 Å². The van der Waals surface area contributed by atoms with Crippen molar-refractivity contribution in [1.82, 2.24) is 0 Å². The van der Waals surface area contributed by atoms with Crippen LogP contribution in [0.25, 0.3) is 0 Å². The fourth-order valence-electron chi connectivity index (χ4n) is 1.61. The zero-order valence-electron chi connectivity index (χ0n) is 9.32. The molecule has 0 aliphatic heterocycles. The average Bonchev–Trinajstić information content (AvgIpc) is 3.03. The summed E-state index contributed by atoms with van der Waals surface area (Å²) in [4.78, 5) is 23.0. The van der Waals surface area contributed by atoms with Gasteiger partial charge in [0.1, 0.15) is 0 Å². The summed E-state index contributed by atoms with van der Waals surface area (Å²) in [5, 5.41) is 0. The number of carbonyl (C=O) groups is 2. The molecule has 3 heteroatoms. The molecule has 0 bridgehead atoms. The lowest BCUT2D eigenvalue weighted by Gasteiger charge is -1.99. The largest absolute Gasteiger partial charge is 0.469 e. The van der Waals surface area contributed by atoms with Gasteiger partial charge in [0.2, 0.25) is 0 Å². The maximum absolute atomic E-state index is 11.8. The number of carbonyl (C=O) groups excluding carboxylic acids is 2. The number of hydrogen-bond acceptors (Lipinski definition) is 3. The molecule has 15 heavy (non-hydrogen) atoms. The quantitative estimate of drug-likeness (QED) is 0.402. The molecule has 0 unspecified atom stereocenters. The summed E-state index contributed by atoms with van der Waals surface area (Å²) < 4.78 is 4.60. The summed E-state index contributed by atoms with van der Waals surface area (Å²) in [6.45, 7) is 3.68. The van der Waals surface area contributed by atoms with Crippen molar-refractivity contribution in [2.24, 2.45) is 11.8 Å². The first-order valence-corrected chi connectivity index (χ1v) is 5.06. The fraction of sp³-hybridized carbons (Fsp3) is 0.500.